The van der Waals surface area contributed by atoms with Gasteiger partial charge in [0.2, 0.25) is 5.91 Å². The molecule has 0 saturated carbocycles. The molecule has 1 saturated heterocycles. The Hall–Kier alpha value is -1.79. The normalized spacial score (nSPS) is 25.9. The Kier molecular flexibility index (Phi) is 5.49. The Bertz CT molecular complexity index is 596. The molecule has 126 valence electrons. The number of nitrogens with two attached hydrogens (primary N) is 1. The highest BCUT2D eigenvalue weighted by Gasteiger charge is 2.36. The van der Waals surface area contributed by atoms with Crippen molar-refractivity contribution in [3.63, 3.8) is 0 Å². The second kappa shape index (κ2) is 7.19. The number of rotatable bonds is 3. The highest BCUT2D eigenvalue weighted by molar-refractivity contribution is 6.00. The van der Waals surface area contributed by atoms with Crippen molar-refractivity contribution in [3.8, 4) is 5.75 Å². The molecule has 3 rings (SSSR count). The molecule has 1 fully saturated rings. The summed E-state index contributed by atoms with van der Waals surface area (Å²) in [4.78, 5) is 26.4. The van der Waals surface area contributed by atoms with Crippen LogP contribution in [0.25, 0.3) is 0 Å². The number of nitrogens with zero attached hydrogens (tertiary/aromatic N) is 1. The average molecular weight is 340 g/mol. The van der Waals surface area contributed by atoms with Gasteiger partial charge in [-0.2, -0.15) is 0 Å². The van der Waals surface area contributed by atoms with Crippen LogP contribution in [0.2, 0.25) is 0 Å². The number of carbonyl (C=O) groups excluding carboxylic acids is 2. The lowest BCUT2D eigenvalue weighted by molar-refractivity contribution is -0.137. The van der Waals surface area contributed by atoms with Crippen LogP contribution in [0.3, 0.4) is 0 Å². The molecule has 0 bridgehead atoms. The largest absolute Gasteiger partial charge is 0.478 e. The molecule has 7 heteroatoms. The zero-order chi connectivity index (χ0) is 15.7. The maximum Gasteiger partial charge on any atom is 0.266 e. The van der Waals surface area contributed by atoms with E-state index >= 15 is 0 Å². The smallest absolute Gasteiger partial charge is 0.266 e. The van der Waals surface area contributed by atoms with Gasteiger partial charge in [0, 0.05) is 12.6 Å². The number of halogens is 1. The predicted octanol–water partition coefficient (Wildman–Crippen LogP) is 1.39. The van der Waals surface area contributed by atoms with Crippen LogP contribution >= 0.6 is 12.4 Å². The zero-order valence-corrected chi connectivity index (χ0v) is 13.8. The number of nitrogens with one attached hydrogen (secondary N) is 1. The molecular weight excluding hydrogens is 318 g/mol. The van der Waals surface area contributed by atoms with Gasteiger partial charge in [0.1, 0.15) is 5.75 Å². The van der Waals surface area contributed by atoms with Gasteiger partial charge in [-0.25, -0.2) is 0 Å². The number of fused-ring (bicyclic) bond motifs is 1. The molecule has 0 radical (unpaired) electrons. The lowest BCUT2D eigenvalue weighted by Crippen LogP contribution is -2.43. The third-order valence-corrected chi connectivity index (χ3v) is 4.38. The quantitative estimate of drug-likeness (QED) is 0.871. The summed E-state index contributed by atoms with van der Waals surface area (Å²) in [7, 11) is 0. The second-order valence-electron chi connectivity index (χ2n) is 6.03. The van der Waals surface area contributed by atoms with Crippen molar-refractivity contribution in [1.29, 1.82) is 0 Å². The average Bonchev–Trinajstić information content (AvgIpc) is 2.89. The molecule has 3 N–H and O–H groups in total. The Labute approximate surface area is 141 Å². The zero-order valence-electron chi connectivity index (χ0n) is 13.0. The molecule has 1 aromatic carbocycles. The number of amides is 2. The van der Waals surface area contributed by atoms with Crippen molar-refractivity contribution in [1.82, 2.24) is 4.90 Å². The third kappa shape index (κ3) is 3.59. The highest BCUT2D eigenvalue weighted by atomic mass is 35.5. The molecule has 2 aliphatic rings. The SMILES string of the molecule is CC1CC(CN)CN1C(=O)CC1Oc2ccccc2NC1=O.Cl. The maximum absolute atomic E-state index is 12.5. The third-order valence-electron chi connectivity index (χ3n) is 4.38. The summed E-state index contributed by atoms with van der Waals surface area (Å²) in [6.45, 7) is 3.27. The number of hydrogen-bond donors (Lipinski definition) is 2. The van der Waals surface area contributed by atoms with Gasteiger partial charge in [-0.1, -0.05) is 12.1 Å². The van der Waals surface area contributed by atoms with E-state index in [1.165, 1.54) is 0 Å². The molecule has 23 heavy (non-hydrogen) atoms. The van der Waals surface area contributed by atoms with Crippen LogP contribution in [0.15, 0.2) is 24.3 Å². The van der Waals surface area contributed by atoms with E-state index in [0.717, 1.165) is 6.42 Å². The number of para-hydroxylation sites is 2. The Balaban J connectivity index is 0.00000192. The molecule has 3 atom stereocenters. The standard InChI is InChI=1S/C16H21N3O3.ClH/c1-10-6-11(8-17)9-19(10)15(20)7-14-16(21)18-12-4-2-3-5-13(12)22-14;/h2-5,10-11,14H,6-9,17H2,1H3,(H,18,21);1H. The highest BCUT2D eigenvalue weighted by Crippen LogP contribution is 2.30. The topological polar surface area (TPSA) is 84.7 Å². The fraction of sp³-hybridized carbons (Fsp3) is 0.500. The summed E-state index contributed by atoms with van der Waals surface area (Å²) >= 11 is 0. The van der Waals surface area contributed by atoms with Gasteiger partial charge in [-0.15, -0.1) is 12.4 Å². The molecule has 2 amide bonds. The van der Waals surface area contributed by atoms with E-state index in [9.17, 15) is 9.59 Å². The predicted molar refractivity (Wildman–Crippen MR) is 89.7 cm³/mol. The van der Waals surface area contributed by atoms with E-state index in [0.29, 0.717) is 30.4 Å². The first-order chi connectivity index (χ1) is 10.6. The Morgan fingerprint density at radius 2 is 2.17 bits per heavy atom. The Morgan fingerprint density at radius 1 is 1.43 bits per heavy atom. The van der Waals surface area contributed by atoms with Gasteiger partial charge >= 0.3 is 0 Å². The monoisotopic (exact) mass is 339 g/mol. The van der Waals surface area contributed by atoms with Crippen LogP contribution in [0.1, 0.15) is 19.8 Å². The molecule has 0 aromatic heterocycles. The van der Waals surface area contributed by atoms with Gasteiger partial charge < -0.3 is 20.7 Å². The summed E-state index contributed by atoms with van der Waals surface area (Å²) in [5, 5.41) is 2.78. The minimum Gasteiger partial charge on any atom is -0.478 e. The minimum absolute atomic E-state index is 0. The summed E-state index contributed by atoms with van der Waals surface area (Å²) in [6, 6.07) is 7.39. The van der Waals surface area contributed by atoms with Crippen molar-refractivity contribution in [3.05, 3.63) is 24.3 Å². The van der Waals surface area contributed by atoms with Crippen LogP contribution < -0.4 is 15.8 Å². The first-order valence-electron chi connectivity index (χ1n) is 7.64. The van der Waals surface area contributed by atoms with E-state index in [4.69, 9.17) is 10.5 Å². The number of carbonyl (C=O) groups is 2. The van der Waals surface area contributed by atoms with Crippen LogP contribution in [-0.2, 0) is 9.59 Å². The van der Waals surface area contributed by atoms with Crippen LogP contribution in [-0.4, -0.2) is 41.9 Å². The molecule has 3 unspecified atom stereocenters. The van der Waals surface area contributed by atoms with E-state index in [1.54, 1.807) is 12.1 Å². The van der Waals surface area contributed by atoms with E-state index in [1.807, 2.05) is 24.0 Å². The number of anilines is 1. The van der Waals surface area contributed by atoms with Crippen molar-refractivity contribution in [2.24, 2.45) is 11.7 Å². The molecule has 0 aliphatic carbocycles. The van der Waals surface area contributed by atoms with E-state index < -0.39 is 6.10 Å². The fourth-order valence-electron chi connectivity index (χ4n) is 3.16. The van der Waals surface area contributed by atoms with Crippen LogP contribution in [0.4, 0.5) is 5.69 Å². The van der Waals surface area contributed by atoms with Gasteiger partial charge in [0.05, 0.1) is 12.1 Å². The lowest BCUT2D eigenvalue weighted by atomic mass is 10.1. The second-order valence-corrected chi connectivity index (χ2v) is 6.03. The molecule has 1 aromatic rings. The summed E-state index contributed by atoms with van der Waals surface area (Å²) in [6.07, 6.45) is 0.205. The van der Waals surface area contributed by atoms with Gasteiger partial charge in [-0.05, 0) is 37.9 Å². The van der Waals surface area contributed by atoms with E-state index in [2.05, 4.69) is 5.32 Å². The first kappa shape index (κ1) is 17.6. The minimum atomic E-state index is -0.772. The fourth-order valence-corrected chi connectivity index (χ4v) is 3.16. The Morgan fingerprint density at radius 3 is 2.87 bits per heavy atom. The molecule has 2 aliphatic heterocycles. The van der Waals surface area contributed by atoms with Crippen molar-refractivity contribution in [2.45, 2.75) is 31.9 Å². The van der Waals surface area contributed by atoms with Crippen molar-refractivity contribution in [2.75, 3.05) is 18.4 Å². The van der Waals surface area contributed by atoms with Gasteiger partial charge in [0.15, 0.2) is 6.10 Å². The van der Waals surface area contributed by atoms with Crippen LogP contribution in [0, 0.1) is 5.92 Å². The number of likely N-dealkylation sites (tertiary alicyclic amines) is 1. The maximum atomic E-state index is 12.5. The lowest BCUT2D eigenvalue weighted by Gasteiger charge is -2.28. The van der Waals surface area contributed by atoms with E-state index in [-0.39, 0.29) is 36.7 Å². The van der Waals surface area contributed by atoms with Crippen LogP contribution in [0.5, 0.6) is 5.75 Å². The number of ether oxygens (including phenoxy) is 1. The number of hydrogen-bond acceptors (Lipinski definition) is 4. The first-order valence-corrected chi connectivity index (χ1v) is 7.64. The number of benzene rings is 1. The van der Waals surface area contributed by atoms with Gasteiger partial charge in [0.25, 0.3) is 5.91 Å². The molecule has 6 nitrogen and oxygen atoms in total. The molecule has 2 heterocycles. The summed E-state index contributed by atoms with van der Waals surface area (Å²) in [5.74, 6) is 0.632. The van der Waals surface area contributed by atoms with Crippen molar-refractivity contribution < 1.29 is 14.3 Å². The summed E-state index contributed by atoms with van der Waals surface area (Å²) < 4.78 is 5.68. The van der Waals surface area contributed by atoms with Gasteiger partial charge in [-0.3, -0.25) is 9.59 Å². The summed E-state index contributed by atoms with van der Waals surface area (Å²) in [5.41, 5.74) is 6.34. The molecule has 0 spiro atoms. The van der Waals surface area contributed by atoms with Crippen molar-refractivity contribution >= 4 is 29.9 Å². The molecular formula is C16H22ClN3O3.